The molecular formula is C52H32. The quantitative estimate of drug-likeness (QED) is 0.131. The van der Waals surface area contributed by atoms with Crippen LogP contribution in [0.4, 0.5) is 0 Å². The Morgan fingerprint density at radius 2 is 0.635 bits per heavy atom. The highest BCUT2D eigenvalue weighted by Gasteiger charge is 2.26. The summed E-state index contributed by atoms with van der Waals surface area (Å²) in [7, 11) is 0. The largest absolute Gasteiger partial charge is 0.0622 e. The van der Waals surface area contributed by atoms with Crippen molar-refractivity contribution in [3.05, 3.63) is 194 Å². The third kappa shape index (κ3) is 4.35. The summed E-state index contributed by atoms with van der Waals surface area (Å²) in [5.41, 5.74) is 15.2. The number of hydrogen-bond donors (Lipinski definition) is 0. The van der Waals surface area contributed by atoms with E-state index in [-0.39, 0.29) is 0 Å². The van der Waals surface area contributed by atoms with Gasteiger partial charge in [0.25, 0.3) is 0 Å². The minimum Gasteiger partial charge on any atom is -0.0622 e. The van der Waals surface area contributed by atoms with Gasteiger partial charge in [-0.25, -0.2) is 0 Å². The molecule has 10 aromatic rings. The molecule has 0 heterocycles. The van der Waals surface area contributed by atoms with E-state index in [4.69, 9.17) is 0 Å². The van der Waals surface area contributed by atoms with E-state index >= 15 is 0 Å². The summed E-state index contributed by atoms with van der Waals surface area (Å²) < 4.78 is 0. The lowest BCUT2D eigenvalue weighted by Crippen LogP contribution is -1.92. The number of fused-ring (bicyclic) bond motifs is 7. The van der Waals surface area contributed by atoms with E-state index in [0.29, 0.717) is 0 Å². The Labute approximate surface area is 302 Å². The van der Waals surface area contributed by atoms with E-state index in [1.54, 1.807) is 0 Å². The molecule has 1 aliphatic carbocycles. The predicted octanol–water partition coefficient (Wildman–Crippen LogP) is 14.6. The molecule has 0 radical (unpaired) electrons. The molecule has 0 amide bonds. The van der Waals surface area contributed by atoms with Gasteiger partial charge in [-0.1, -0.05) is 176 Å². The maximum Gasteiger partial charge on any atom is -0.00199 e. The van der Waals surface area contributed by atoms with Crippen LogP contribution >= 0.6 is 0 Å². The lowest BCUT2D eigenvalue weighted by molar-refractivity contribution is 1.60. The summed E-state index contributed by atoms with van der Waals surface area (Å²) in [5, 5.41) is 10.4. The van der Waals surface area contributed by atoms with Gasteiger partial charge in [0.2, 0.25) is 0 Å². The van der Waals surface area contributed by atoms with Crippen LogP contribution in [0.25, 0.3) is 110 Å². The van der Waals surface area contributed by atoms with E-state index in [2.05, 4.69) is 194 Å². The molecule has 11 rings (SSSR count). The molecule has 0 aliphatic heterocycles. The van der Waals surface area contributed by atoms with Gasteiger partial charge in [-0.3, -0.25) is 0 Å². The van der Waals surface area contributed by atoms with Crippen LogP contribution in [0.1, 0.15) is 0 Å². The topological polar surface area (TPSA) is 0 Å². The zero-order chi connectivity index (χ0) is 34.2. The van der Waals surface area contributed by atoms with Gasteiger partial charge in [0.05, 0.1) is 0 Å². The first-order chi connectivity index (χ1) is 25.8. The molecule has 10 aromatic carbocycles. The van der Waals surface area contributed by atoms with Crippen molar-refractivity contribution in [1.29, 1.82) is 0 Å². The number of rotatable bonds is 4. The Bertz CT molecular complexity index is 3010. The van der Waals surface area contributed by atoms with E-state index in [9.17, 15) is 0 Å². The fraction of sp³-hybridized carbons (Fsp3) is 0. The van der Waals surface area contributed by atoms with Crippen LogP contribution in [0.3, 0.4) is 0 Å². The first kappa shape index (κ1) is 29.0. The van der Waals surface area contributed by atoms with Gasteiger partial charge in [-0.05, 0) is 128 Å². The standard InChI is InChI=1S/C52H32/c1-3-12-33(13-4-1)35-22-26-37(27-23-35)50-42-18-9-10-19-43(42)51(38-28-24-36(25-29-38)34-14-5-2-6-15-34)49-32-46-45(31-48(49)50)44-21-11-20-41-40-17-8-7-16-39(40)30-47(46)52(41)44/h1-32H. The molecule has 0 N–H and O–H groups in total. The highest BCUT2D eigenvalue weighted by atomic mass is 14.3. The molecule has 0 spiro atoms. The Kier molecular flexibility index (Phi) is 6.35. The summed E-state index contributed by atoms with van der Waals surface area (Å²) >= 11 is 0. The maximum absolute atomic E-state index is 2.50. The SMILES string of the molecule is c1ccc(-c2ccc(-c3c4ccccc4c(-c4ccc(-c5ccccc5)cc4)c4cc5c(cc34)-c3cccc4c3c-5cc3ccccc34)cc2)cc1. The summed E-state index contributed by atoms with van der Waals surface area (Å²) in [6.45, 7) is 0. The van der Waals surface area contributed by atoms with Crippen LogP contribution < -0.4 is 0 Å². The van der Waals surface area contributed by atoms with Crippen molar-refractivity contribution < 1.29 is 0 Å². The second-order valence-corrected chi connectivity index (χ2v) is 14.0. The smallest absolute Gasteiger partial charge is 0.00199 e. The fourth-order valence-corrected chi connectivity index (χ4v) is 8.81. The Balaban J connectivity index is 1.23. The maximum atomic E-state index is 2.50. The van der Waals surface area contributed by atoms with Crippen molar-refractivity contribution in [1.82, 2.24) is 0 Å². The van der Waals surface area contributed by atoms with Crippen LogP contribution in [-0.4, -0.2) is 0 Å². The van der Waals surface area contributed by atoms with E-state index in [0.717, 1.165) is 0 Å². The number of hydrogen-bond acceptors (Lipinski definition) is 0. The van der Waals surface area contributed by atoms with Gasteiger partial charge in [0, 0.05) is 0 Å². The third-order valence-electron chi connectivity index (χ3n) is 11.2. The molecule has 0 heteroatoms. The van der Waals surface area contributed by atoms with Crippen molar-refractivity contribution in [3.63, 3.8) is 0 Å². The van der Waals surface area contributed by atoms with Crippen LogP contribution in [0.5, 0.6) is 0 Å². The molecule has 0 unspecified atom stereocenters. The van der Waals surface area contributed by atoms with E-state index in [1.807, 2.05) is 0 Å². The Hall–Kier alpha value is -6.76. The second-order valence-electron chi connectivity index (χ2n) is 14.0. The van der Waals surface area contributed by atoms with Crippen LogP contribution in [-0.2, 0) is 0 Å². The molecule has 0 saturated carbocycles. The van der Waals surface area contributed by atoms with Crippen molar-refractivity contribution in [2.45, 2.75) is 0 Å². The highest BCUT2D eigenvalue weighted by molar-refractivity contribution is 6.28. The van der Waals surface area contributed by atoms with Gasteiger partial charge >= 0.3 is 0 Å². The molecule has 0 aromatic heterocycles. The van der Waals surface area contributed by atoms with E-state index < -0.39 is 0 Å². The molecule has 0 bridgehead atoms. The van der Waals surface area contributed by atoms with Gasteiger partial charge in [-0.15, -0.1) is 0 Å². The van der Waals surface area contributed by atoms with Gasteiger partial charge in [0.1, 0.15) is 0 Å². The molecule has 52 heavy (non-hydrogen) atoms. The lowest BCUT2D eigenvalue weighted by Gasteiger charge is -2.20. The number of benzene rings is 10. The first-order valence-corrected chi connectivity index (χ1v) is 18.1. The third-order valence-corrected chi connectivity index (χ3v) is 11.2. The van der Waals surface area contributed by atoms with Gasteiger partial charge < -0.3 is 0 Å². The molecule has 0 saturated heterocycles. The van der Waals surface area contributed by atoms with Gasteiger partial charge in [-0.2, -0.15) is 0 Å². The predicted molar refractivity (Wildman–Crippen MR) is 223 cm³/mol. The summed E-state index contributed by atoms with van der Waals surface area (Å²) in [5.74, 6) is 0. The summed E-state index contributed by atoms with van der Waals surface area (Å²) in [6.07, 6.45) is 0. The Morgan fingerprint density at radius 3 is 1.19 bits per heavy atom. The molecule has 0 atom stereocenters. The van der Waals surface area contributed by atoms with Crippen molar-refractivity contribution in [2.24, 2.45) is 0 Å². The van der Waals surface area contributed by atoms with Crippen molar-refractivity contribution in [3.8, 4) is 66.8 Å². The normalized spacial score (nSPS) is 11.8. The first-order valence-electron chi connectivity index (χ1n) is 18.1. The van der Waals surface area contributed by atoms with Crippen LogP contribution in [0.15, 0.2) is 194 Å². The summed E-state index contributed by atoms with van der Waals surface area (Å²) in [6, 6.07) is 71.8. The molecule has 0 nitrogen and oxygen atoms in total. The second kappa shape index (κ2) is 11.4. The monoisotopic (exact) mass is 656 g/mol. The zero-order valence-electron chi connectivity index (χ0n) is 28.5. The van der Waals surface area contributed by atoms with Crippen LogP contribution in [0.2, 0.25) is 0 Å². The van der Waals surface area contributed by atoms with E-state index in [1.165, 1.54) is 110 Å². The molecule has 240 valence electrons. The lowest BCUT2D eigenvalue weighted by atomic mass is 9.83. The van der Waals surface area contributed by atoms with Crippen molar-refractivity contribution >= 4 is 43.1 Å². The fourth-order valence-electron chi connectivity index (χ4n) is 8.81. The van der Waals surface area contributed by atoms with Crippen molar-refractivity contribution in [2.75, 3.05) is 0 Å². The molecule has 0 fully saturated rings. The van der Waals surface area contributed by atoms with Gasteiger partial charge in [0.15, 0.2) is 0 Å². The molecular weight excluding hydrogens is 625 g/mol. The average molecular weight is 657 g/mol. The Morgan fingerprint density at radius 1 is 0.212 bits per heavy atom. The zero-order valence-corrected chi connectivity index (χ0v) is 28.5. The molecule has 1 aliphatic rings. The average Bonchev–Trinajstić information content (AvgIpc) is 3.53. The minimum atomic E-state index is 1.22. The highest BCUT2D eigenvalue weighted by Crippen LogP contribution is 2.53. The minimum absolute atomic E-state index is 1.22. The van der Waals surface area contributed by atoms with Crippen LogP contribution in [0, 0.1) is 0 Å². The summed E-state index contributed by atoms with van der Waals surface area (Å²) in [4.78, 5) is 0.